The topological polar surface area (TPSA) is 48.0 Å². The van der Waals surface area contributed by atoms with Gasteiger partial charge in [-0.3, -0.25) is 9.48 Å². The number of carbonyl (C=O) groups is 1. The Morgan fingerprint density at radius 1 is 1.41 bits per heavy atom. The molecule has 0 amide bonds. The Morgan fingerprint density at radius 3 is 2.71 bits per heavy atom. The summed E-state index contributed by atoms with van der Waals surface area (Å²) in [5, 5.41) is 4.20. The van der Waals surface area contributed by atoms with Crippen molar-refractivity contribution in [3.05, 3.63) is 47.2 Å². The lowest BCUT2D eigenvalue weighted by molar-refractivity contribution is 0.102. The number of furan rings is 1. The molecule has 0 saturated heterocycles. The second-order valence-corrected chi connectivity index (χ2v) is 3.95. The Bertz CT molecular complexity index is 576. The first-order valence-electron chi connectivity index (χ1n) is 5.35. The van der Waals surface area contributed by atoms with Gasteiger partial charge in [-0.15, -0.1) is 0 Å². The molecular weight excluding hydrogens is 216 g/mol. The van der Waals surface area contributed by atoms with Crippen LogP contribution in [0.3, 0.4) is 0 Å². The summed E-state index contributed by atoms with van der Waals surface area (Å²) in [6, 6.07) is 3.45. The summed E-state index contributed by atoms with van der Waals surface area (Å²) in [6.07, 6.45) is 5.12. The van der Waals surface area contributed by atoms with Gasteiger partial charge in [0.05, 0.1) is 5.69 Å². The van der Waals surface area contributed by atoms with E-state index in [1.165, 1.54) is 6.08 Å². The summed E-state index contributed by atoms with van der Waals surface area (Å²) >= 11 is 0. The van der Waals surface area contributed by atoms with E-state index in [1.54, 1.807) is 22.9 Å². The summed E-state index contributed by atoms with van der Waals surface area (Å²) < 4.78 is 6.97. The SMILES string of the molecule is Cc1ccc(C(=O)/C=C/c2cn(C)nc2C)o1. The first-order valence-corrected chi connectivity index (χ1v) is 5.35. The van der Waals surface area contributed by atoms with Crippen molar-refractivity contribution in [1.82, 2.24) is 9.78 Å². The van der Waals surface area contributed by atoms with Gasteiger partial charge < -0.3 is 4.42 Å². The van der Waals surface area contributed by atoms with Crippen LogP contribution in [0.15, 0.2) is 28.8 Å². The van der Waals surface area contributed by atoms with Gasteiger partial charge in [0.2, 0.25) is 5.78 Å². The number of hydrogen-bond donors (Lipinski definition) is 0. The Kier molecular flexibility index (Phi) is 2.95. The van der Waals surface area contributed by atoms with Crippen LogP contribution in [-0.2, 0) is 7.05 Å². The minimum Gasteiger partial charge on any atom is -0.458 e. The smallest absolute Gasteiger partial charge is 0.221 e. The highest BCUT2D eigenvalue weighted by molar-refractivity contribution is 6.04. The fourth-order valence-corrected chi connectivity index (χ4v) is 1.60. The lowest BCUT2D eigenvalue weighted by Gasteiger charge is -1.89. The molecule has 0 spiro atoms. The molecule has 88 valence electrons. The first-order chi connectivity index (χ1) is 8.06. The van der Waals surface area contributed by atoms with Crippen LogP contribution in [-0.4, -0.2) is 15.6 Å². The van der Waals surface area contributed by atoms with Crippen molar-refractivity contribution in [2.75, 3.05) is 0 Å². The van der Waals surface area contributed by atoms with Crippen molar-refractivity contribution < 1.29 is 9.21 Å². The van der Waals surface area contributed by atoms with E-state index >= 15 is 0 Å². The third kappa shape index (κ3) is 2.53. The number of allylic oxidation sites excluding steroid dienone is 1. The van der Waals surface area contributed by atoms with Crippen LogP contribution in [0.5, 0.6) is 0 Å². The maximum Gasteiger partial charge on any atom is 0.221 e. The van der Waals surface area contributed by atoms with Crippen LogP contribution in [0.4, 0.5) is 0 Å². The van der Waals surface area contributed by atoms with Crippen molar-refractivity contribution in [3.8, 4) is 0 Å². The van der Waals surface area contributed by atoms with Gasteiger partial charge in [-0.2, -0.15) is 5.10 Å². The number of carbonyl (C=O) groups excluding carboxylic acids is 1. The van der Waals surface area contributed by atoms with E-state index in [0.29, 0.717) is 5.76 Å². The van der Waals surface area contributed by atoms with E-state index in [1.807, 2.05) is 27.1 Å². The van der Waals surface area contributed by atoms with Crippen molar-refractivity contribution >= 4 is 11.9 Å². The van der Waals surface area contributed by atoms with E-state index in [2.05, 4.69) is 5.10 Å². The lowest BCUT2D eigenvalue weighted by Crippen LogP contribution is -1.90. The summed E-state index contributed by atoms with van der Waals surface area (Å²) in [5.74, 6) is 0.959. The molecule has 0 radical (unpaired) electrons. The molecule has 0 aliphatic heterocycles. The molecule has 0 aliphatic rings. The average molecular weight is 230 g/mol. The molecule has 2 rings (SSSR count). The molecule has 4 nitrogen and oxygen atoms in total. The zero-order valence-electron chi connectivity index (χ0n) is 10.1. The van der Waals surface area contributed by atoms with Crippen LogP contribution in [0, 0.1) is 13.8 Å². The third-order valence-electron chi connectivity index (χ3n) is 2.45. The molecule has 0 unspecified atom stereocenters. The summed E-state index contributed by atoms with van der Waals surface area (Å²) in [6.45, 7) is 3.72. The van der Waals surface area contributed by atoms with Gasteiger partial charge in [-0.25, -0.2) is 0 Å². The van der Waals surface area contributed by atoms with Gasteiger partial charge in [0.25, 0.3) is 0 Å². The van der Waals surface area contributed by atoms with Crippen molar-refractivity contribution in [2.45, 2.75) is 13.8 Å². The number of rotatable bonds is 3. The molecule has 4 heteroatoms. The van der Waals surface area contributed by atoms with Crippen LogP contribution in [0.25, 0.3) is 6.08 Å². The third-order valence-corrected chi connectivity index (χ3v) is 2.45. The Hall–Kier alpha value is -2.10. The monoisotopic (exact) mass is 230 g/mol. The van der Waals surface area contributed by atoms with E-state index in [9.17, 15) is 4.79 Å². The highest BCUT2D eigenvalue weighted by Gasteiger charge is 2.06. The van der Waals surface area contributed by atoms with Gasteiger partial charge >= 0.3 is 0 Å². The van der Waals surface area contributed by atoms with Gasteiger partial charge in [-0.1, -0.05) is 0 Å². The van der Waals surface area contributed by atoms with Gasteiger partial charge in [-0.05, 0) is 38.1 Å². The van der Waals surface area contributed by atoms with Crippen molar-refractivity contribution in [1.29, 1.82) is 0 Å². The highest BCUT2D eigenvalue weighted by Crippen LogP contribution is 2.11. The molecule has 0 N–H and O–H groups in total. The number of aromatic nitrogens is 2. The van der Waals surface area contributed by atoms with Gasteiger partial charge in [0, 0.05) is 18.8 Å². The molecule has 0 aliphatic carbocycles. The van der Waals surface area contributed by atoms with E-state index in [4.69, 9.17) is 4.42 Å². The predicted octanol–water partition coefficient (Wildman–Crippen LogP) is 2.53. The van der Waals surface area contributed by atoms with E-state index < -0.39 is 0 Å². The predicted molar refractivity (Wildman–Crippen MR) is 64.8 cm³/mol. The van der Waals surface area contributed by atoms with Crippen LogP contribution >= 0.6 is 0 Å². The molecular formula is C13H14N2O2. The minimum atomic E-state index is -0.138. The second-order valence-electron chi connectivity index (χ2n) is 3.95. The van der Waals surface area contributed by atoms with Crippen molar-refractivity contribution in [3.63, 3.8) is 0 Å². The van der Waals surface area contributed by atoms with E-state index in [0.717, 1.165) is 17.0 Å². The number of ketones is 1. The molecule has 0 saturated carbocycles. The van der Waals surface area contributed by atoms with Gasteiger partial charge in [0.1, 0.15) is 5.76 Å². The van der Waals surface area contributed by atoms with Crippen molar-refractivity contribution in [2.24, 2.45) is 7.05 Å². The summed E-state index contributed by atoms with van der Waals surface area (Å²) in [5.41, 5.74) is 1.83. The minimum absolute atomic E-state index is 0.138. The molecule has 0 aromatic carbocycles. The quantitative estimate of drug-likeness (QED) is 0.601. The average Bonchev–Trinajstić information content (AvgIpc) is 2.82. The molecule has 0 fully saturated rings. The Labute approximate surface area is 99.6 Å². The van der Waals surface area contributed by atoms with Crippen LogP contribution in [0.2, 0.25) is 0 Å². The van der Waals surface area contributed by atoms with Crippen LogP contribution in [0.1, 0.15) is 27.6 Å². The number of nitrogens with zero attached hydrogens (tertiary/aromatic N) is 2. The maximum absolute atomic E-state index is 11.7. The zero-order valence-corrected chi connectivity index (χ0v) is 10.1. The first kappa shape index (κ1) is 11.4. The number of hydrogen-bond acceptors (Lipinski definition) is 3. The Morgan fingerprint density at radius 2 is 2.18 bits per heavy atom. The normalized spacial score (nSPS) is 11.2. The molecule has 17 heavy (non-hydrogen) atoms. The lowest BCUT2D eigenvalue weighted by atomic mass is 10.2. The Balaban J connectivity index is 2.16. The van der Waals surface area contributed by atoms with Gasteiger partial charge in [0.15, 0.2) is 5.76 Å². The molecule has 2 aromatic rings. The summed E-state index contributed by atoms with van der Waals surface area (Å²) in [7, 11) is 1.85. The standard InChI is InChI=1S/C13H14N2O2/c1-9-4-7-13(17-9)12(16)6-5-11-8-15(3)14-10(11)2/h4-8H,1-3H3/b6-5+. The van der Waals surface area contributed by atoms with E-state index in [-0.39, 0.29) is 5.78 Å². The molecule has 0 atom stereocenters. The number of aryl methyl sites for hydroxylation is 3. The fraction of sp³-hybridized carbons (Fsp3) is 0.231. The fourth-order valence-electron chi connectivity index (χ4n) is 1.60. The molecule has 0 bridgehead atoms. The summed E-state index contributed by atoms with van der Waals surface area (Å²) in [4.78, 5) is 11.7. The largest absolute Gasteiger partial charge is 0.458 e. The molecule has 2 heterocycles. The zero-order chi connectivity index (χ0) is 12.4. The highest BCUT2D eigenvalue weighted by atomic mass is 16.3. The maximum atomic E-state index is 11.7. The molecule has 2 aromatic heterocycles. The second kappa shape index (κ2) is 4.41. The van der Waals surface area contributed by atoms with Crippen LogP contribution < -0.4 is 0 Å².